The second kappa shape index (κ2) is 8.68. The van der Waals surface area contributed by atoms with Crippen LogP contribution in [0.1, 0.15) is 30.4 Å². The largest absolute Gasteiger partial charge is 0.382 e. The van der Waals surface area contributed by atoms with Crippen LogP contribution in [0.5, 0.6) is 0 Å². The Morgan fingerprint density at radius 2 is 2.06 bits per heavy atom. The van der Waals surface area contributed by atoms with Crippen molar-refractivity contribution in [2.45, 2.75) is 43.9 Å². The number of carbonyl (C=O) groups is 1. The highest BCUT2D eigenvalue weighted by Crippen LogP contribution is 2.35. The Kier molecular flexibility index (Phi) is 5.83. The van der Waals surface area contributed by atoms with Crippen LogP contribution >= 0.6 is 11.6 Å². The zero-order valence-corrected chi connectivity index (χ0v) is 20.2. The van der Waals surface area contributed by atoms with E-state index < -0.39 is 5.54 Å². The molecule has 180 valence electrons. The summed E-state index contributed by atoms with van der Waals surface area (Å²) in [7, 11) is 4.02. The molecule has 1 aliphatic heterocycles. The molecule has 0 radical (unpaired) electrons. The van der Waals surface area contributed by atoms with E-state index in [-0.39, 0.29) is 11.9 Å². The predicted molar refractivity (Wildman–Crippen MR) is 133 cm³/mol. The topological polar surface area (TPSA) is 131 Å². The van der Waals surface area contributed by atoms with Gasteiger partial charge in [-0.05, 0) is 51.1 Å². The molecule has 0 bridgehead atoms. The van der Waals surface area contributed by atoms with E-state index in [2.05, 4.69) is 30.1 Å². The number of anilines is 2. The van der Waals surface area contributed by atoms with Crippen LogP contribution < -0.4 is 21.7 Å². The molecule has 2 aromatic heterocycles. The minimum Gasteiger partial charge on any atom is -0.382 e. The van der Waals surface area contributed by atoms with Crippen molar-refractivity contribution in [2.75, 3.05) is 37.8 Å². The van der Waals surface area contributed by atoms with E-state index >= 15 is 0 Å². The van der Waals surface area contributed by atoms with E-state index in [0.717, 1.165) is 29.7 Å². The smallest absolute Gasteiger partial charge is 0.242 e. The minimum absolute atomic E-state index is 0.0608. The summed E-state index contributed by atoms with van der Waals surface area (Å²) in [5.74, 6) is 0.284. The van der Waals surface area contributed by atoms with Gasteiger partial charge in [0.2, 0.25) is 5.91 Å². The summed E-state index contributed by atoms with van der Waals surface area (Å²) in [6.07, 6.45) is 5.83. The van der Waals surface area contributed by atoms with E-state index in [1.807, 2.05) is 30.8 Å². The van der Waals surface area contributed by atoms with E-state index in [0.29, 0.717) is 54.6 Å². The molecule has 0 spiro atoms. The molecule has 1 unspecified atom stereocenters. The summed E-state index contributed by atoms with van der Waals surface area (Å²) in [5, 5.41) is 3.76. The summed E-state index contributed by atoms with van der Waals surface area (Å²) in [6, 6.07) is 4.22. The number of halogens is 1. The quantitative estimate of drug-likeness (QED) is 0.459. The van der Waals surface area contributed by atoms with Crippen molar-refractivity contribution in [1.82, 2.24) is 29.7 Å². The summed E-state index contributed by atoms with van der Waals surface area (Å²) in [6.45, 7) is 2.29. The molecule has 1 aromatic carbocycles. The molecule has 1 amide bonds. The first-order valence-electron chi connectivity index (χ1n) is 11.5. The fraction of sp³-hybridized carbons (Fsp3) is 0.478. The number of imidazole rings is 1. The number of benzene rings is 1. The lowest BCUT2D eigenvalue weighted by atomic mass is 9.99. The number of nitrogen functional groups attached to an aromatic ring is 1. The normalized spacial score (nSPS) is 20.4. The number of rotatable bonds is 7. The number of hydrogen-bond donors (Lipinski definition) is 3. The van der Waals surface area contributed by atoms with Gasteiger partial charge in [-0.1, -0.05) is 11.6 Å². The van der Waals surface area contributed by atoms with Crippen LogP contribution in [0.15, 0.2) is 24.8 Å². The van der Waals surface area contributed by atoms with Crippen LogP contribution in [0.4, 0.5) is 11.5 Å². The van der Waals surface area contributed by atoms with Crippen molar-refractivity contribution in [3.8, 4) is 0 Å². The fourth-order valence-electron chi connectivity index (χ4n) is 4.58. The molecule has 5 rings (SSSR count). The van der Waals surface area contributed by atoms with Crippen molar-refractivity contribution < 1.29 is 4.79 Å². The molecule has 2 aliphatic rings. The predicted octanol–water partition coefficient (Wildman–Crippen LogP) is 1.36. The van der Waals surface area contributed by atoms with Crippen LogP contribution in [0.25, 0.3) is 11.2 Å². The molecule has 1 aliphatic carbocycles. The van der Waals surface area contributed by atoms with Gasteiger partial charge in [0.25, 0.3) is 0 Å². The van der Waals surface area contributed by atoms with Crippen LogP contribution in [0.3, 0.4) is 0 Å². The first-order valence-corrected chi connectivity index (χ1v) is 11.8. The molecule has 1 saturated heterocycles. The highest BCUT2D eigenvalue weighted by Gasteiger charge is 2.43. The Morgan fingerprint density at radius 3 is 2.79 bits per heavy atom. The minimum atomic E-state index is -0.912. The SMILES string of the molecule is CN(C)Cc1c(Cl)ccc(N2CCC(N)(C(=O)NC3CC3)C2)c1Cn1cnc2c(N)ncnc21. The molecule has 34 heavy (non-hydrogen) atoms. The maximum Gasteiger partial charge on any atom is 0.242 e. The summed E-state index contributed by atoms with van der Waals surface area (Å²) < 4.78 is 1.95. The third-order valence-electron chi connectivity index (χ3n) is 6.59. The fourth-order valence-corrected chi connectivity index (χ4v) is 4.81. The molecule has 5 N–H and O–H groups in total. The number of aromatic nitrogens is 4. The van der Waals surface area contributed by atoms with Crippen molar-refractivity contribution >= 4 is 40.2 Å². The zero-order valence-electron chi connectivity index (χ0n) is 19.5. The van der Waals surface area contributed by atoms with Gasteiger partial charge in [-0.15, -0.1) is 0 Å². The average molecular weight is 484 g/mol. The number of nitrogens with two attached hydrogens (primary N) is 2. The monoisotopic (exact) mass is 483 g/mol. The number of nitrogens with zero attached hydrogens (tertiary/aromatic N) is 6. The second-order valence-electron chi connectivity index (χ2n) is 9.64. The maximum atomic E-state index is 12.9. The molecule has 1 atom stereocenters. The lowest BCUT2D eigenvalue weighted by molar-refractivity contribution is -0.125. The van der Waals surface area contributed by atoms with Gasteiger partial charge in [-0.2, -0.15) is 0 Å². The van der Waals surface area contributed by atoms with Gasteiger partial charge in [0.1, 0.15) is 17.4 Å². The first kappa shape index (κ1) is 22.8. The van der Waals surface area contributed by atoms with Gasteiger partial charge in [-0.25, -0.2) is 15.0 Å². The number of amides is 1. The Bertz CT molecular complexity index is 1240. The highest BCUT2D eigenvalue weighted by molar-refractivity contribution is 6.31. The van der Waals surface area contributed by atoms with Crippen molar-refractivity contribution in [3.63, 3.8) is 0 Å². The molecule has 2 fully saturated rings. The number of hydrogen-bond acceptors (Lipinski definition) is 8. The zero-order chi connectivity index (χ0) is 24.0. The Balaban J connectivity index is 1.52. The average Bonchev–Trinajstić information content (AvgIpc) is 3.36. The lowest BCUT2D eigenvalue weighted by Gasteiger charge is -2.28. The molecule has 3 aromatic rings. The molecule has 11 heteroatoms. The van der Waals surface area contributed by atoms with Crippen molar-refractivity contribution in [1.29, 1.82) is 0 Å². The van der Waals surface area contributed by atoms with E-state index in [4.69, 9.17) is 23.1 Å². The Morgan fingerprint density at radius 1 is 1.26 bits per heavy atom. The van der Waals surface area contributed by atoms with E-state index in [1.165, 1.54) is 6.33 Å². The van der Waals surface area contributed by atoms with E-state index in [9.17, 15) is 4.79 Å². The van der Waals surface area contributed by atoms with Gasteiger partial charge in [0.15, 0.2) is 11.5 Å². The molecular formula is C23H30ClN9O. The standard InChI is InChI=1S/C23H30ClN9O/c1-31(2)9-15-16(10-33-13-29-19-20(25)27-12-28-21(19)33)18(6-5-17(15)24)32-8-7-23(26,11-32)22(34)30-14-3-4-14/h5-6,12-14H,3-4,7-11,26H2,1-2H3,(H,30,34)(H2,25,27,28). The molecule has 3 heterocycles. The summed E-state index contributed by atoms with van der Waals surface area (Å²) in [5.41, 5.74) is 16.0. The van der Waals surface area contributed by atoms with Crippen LogP contribution in [0, 0.1) is 0 Å². The van der Waals surface area contributed by atoms with Crippen molar-refractivity contribution in [3.05, 3.63) is 40.9 Å². The van der Waals surface area contributed by atoms with Gasteiger partial charge in [0, 0.05) is 41.9 Å². The molecule has 1 saturated carbocycles. The van der Waals surface area contributed by atoms with Gasteiger partial charge in [0.05, 0.1) is 12.9 Å². The maximum absolute atomic E-state index is 12.9. The van der Waals surface area contributed by atoms with Crippen molar-refractivity contribution in [2.24, 2.45) is 5.73 Å². The number of fused-ring (bicyclic) bond motifs is 1. The second-order valence-corrected chi connectivity index (χ2v) is 10.0. The van der Waals surface area contributed by atoms with Gasteiger partial charge >= 0.3 is 0 Å². The molecule has 10 nitrogen and oxygen atoms in total. The Labute approximate surface area is 203 Å². The van der Waals surface area contributed by atoms with Crippen LogP contribution in [-0.2, 0) is 17.9 Å². The van der Waals surface area contributed by atoms with Crippen LogP contribution in [-0.4, -0.2) is 69.1 Å². The van der Waals surface area contributed by atoms with Gasteiger partial charge in [-0.3, -0.25) is 4.79 Å². The number of nitrogens with one attached hydrogen (secondary N) is 1. The third kappa shape index (κ3) is 4.28. The number of carbonyl (C=O) groups excluding carboxylic acids is 1. The van der Waals surface area contributed by atoms with E-state index in [1.54, 1.807) is 6.33 Å². The third-order valence-corrected chi connectivity index (χ3v) is 6.94. The Hall–Kier alpha value is -2.95. The first-order chi connectivity index (χ1) is 16.2. The van der Waals surface area contributed by atoms with Crippen LogP contribution in [0.2, 0.25) is 5.02 Å². The highest BCUT2D eigenvalue weighted by atomic mass is 35.5. The lowest BCUT2D eigenvalue weighted by Crippen LogP contribution is -2.56. The summed E-state index contributed by atoms with van der Waals surface area (Å²) in [4.78, 5) is 30.0. The summed E-state index contributed by atoms with van der Waals surface area (Å²) >= 11 is 6.70. The van der Waals surface area contributed by atoms with Gasteiger partial charge < -0.3 is 31.2 Å². The molecular weight excluding hydrogens is 454 g/mol.